The molecule has 1 fully saturated rings. The summed E-state index contributed by atoms with van der Waals surface area (Å²) in [6, 6.07) is -0.0927. The Balaban J connectivity index is 2.23. The highest BCUT2D eigenvalue weighted by Crippen LogP contribution is 2.30. The SMILES string of the molecule is COCC1(C)CCN(C(=O)NCCCC(=O)O)CC1. The van der Waals surface area contributed by atoms with Crippen LogP contribution in [0.1, 0.15) is 32.6 Å². The van der Waals surface area contributed by atoms with Crippen LogP contribution in [-0.2, 0) is 9.53 Å². The van der Waals surface area contributed by atoms with Crippen molar-refractivity contribution in [3.63, 3.8) is 0 Å². The number of likely N-dealkylation sites (tertiary alicyclic amines) is 1. The van der Waals surface area contributed by atoms with Gasteiger partial charge in [0.2, 0.25) is 0 Å². The summed E-state index contributed by atoms with van der Waals surface area (Å²) in [5.41, 5.74) is 0.162. The molecule has 0 aromatic rings. The number of carboxylic acid groups (broad SMARTS) is 1. The second kappa shape index (κ2) is 7.33. The highest BCUT2D eigenvalue weighted by molar-refractivity contribution is 5.74. The van der Waals surface area contributed by atoms with E-state index in [1.165, 1.54) is 0 Å². The van der Waals surface area contributed by atoms with Gasteiger partial charge < -0.3 is 20.1 Å². The monoisotopic (exact) mass is 272 g/mol. The van der Waals surface area contributed by atoms with Crippen molar-refractivity contribution in [3.05, 3.63) is 0 Å². The molecule has 0 radical (unpaired) electrons. The van der Waals surface area contributed by atoms with Gasteiger partial charge in [-0.1, -0.05) is 6.92 Å². The van der Waals surface area contributed by atoms with Crippen molar-refractivity contribution in [2.75, 3.05) is 33.4 Å². The fraction of sp³-hybridized carbons (Fsp3) is 0.846. The average molecular weight is 272 g/mol. The minimum Gasteiger partial charge on any atom is -0.481 e. The van der Waals surface area contributed by atoms with Gasteiger partial charge in [0, 0.05) is 33.2 Å². The Morgan fingerprint density at radius 2 is 2.00 bits per heavy atom. The van der Waals surface area contributed by atoms with Gasteiger partial charge in [0.25, 0.3) is 0 Å². The molecular weight excluding hydrogens is 248 g/mol. The lowest BCUT2D eigenvalue weighted by Crippen LogP contribution is -2.47. The second-order valence-corrected chi connectivity index (χ2v) is 5.46. The van der Waals surface area contributed by atoms with E-state index >= 15 is 0 Å². The van der Waals surface area contributed by atoms with Gasteiger partial charge in [-0.25, -0.2) is 4.79 Å². The van der Waals surface area contributed by atoms with Crippen LogP contribution in [0.3, 0.4) is 0 Å². The van der Waals surface area contributed by atoms with E-state index in [2.05, 4.69) is 12.2 Å². The summed E-state index contributed by atoms with van der Waals surface area (Å²) in [4.78, 5) is 24.0. The number of rotatable bonds is 6. The number of amides is 2. The van der Waals surface area contributed by atoms with Gasteiger partial charge in [0.15, 0.2) is 0 Å². The van der Waals surface area contributed by atoms with Gasteiger partial charge in [0.1, 0.15) is 0 Å². The highest BCUT2D eigenvalue weighted by Gasteiger charge is 2.31. The minimum atomic E-state index is -0.831. The standard InChI is InChI=1S/C13H24N2O4/c1-13(10-19-2)5-8-15(9-6-13)12(18)14-7-3-4-11(16)17/h3-10H2,1-2H3,(H,14,18)(H,16,17). The fourth-order valence-electron chi connectivity index (χ4n) is 2.29. The maximum absolute atomic E-state index is 11.8. The number of urea groups is 1. The Bertz CT molecular complexity index is 312. The van der Waals surface area contributed by atoms with Crippen molar-refractivity contribution in [3.8, 4) is 0 Å². The number of hydrogen-bond acceptors (Lipinski definition) is 3. The van der Waals surface area contributed by atoms with E-state index in [1.54, 1.807) is 12.0 Å². The molecule has 1 rings (SSSR count). The summed E-state index contributed by atoms with van der Waals surface area (Å²) in [7, 11) is 1.70. The third kappa shape index (κ3) is 5.46. The van der Waals surface area contributed by atoms with Gasteiger partial charge in [-0.3, -0.25) is 4.79 Å². The topological polar surface area (TPSA) is 78.9 Å². The molecule has 1 aliphatic heterocycles. The average Bonchev–Trinajstić information content (AvgIpc) is 2.35. The molecule has 0 atom stereocenters. The van der Waals surface area contributed by atoms with Crippen molar-refractivity contribution in [1.82, 2.24) is 10.2 Å². The maximum Gasteiger partial charge on any atom is 0.317 e. The number of nitrogens with zero attached hydrogens (tertiary/aromatic N) is 1. The lowest BCUT2D eigenvalue weighted by Gasteiger charge is -2.38. The molecule has 2 amide bonds. The molecule has 6 heteroatoms. The van der Waals surface area contributed by atoms with Gasteiger partial charge in [-0.15, -0.1) is 0 Å². The van der Waals surface area contributed by atoms with E-state index < -0.39 is 5.97 Å². The third-order valence-corrected chi connectivity index (χ3v) is 3.59. The Labute approximate surface area is 114 Å². The van der Waals surface area contributed by atoms with Crippen LogP contribution in [0, 0.1) is 5.41 Å². The Morgan fingerprint density at radius 1 is 1.37 bits per heavy atom. The molecule has 0 spiro atoms. The van der Waals surface area contributed by atoms with Crippen LogP contribution in [0.25, 0.3) is 0 Å². The van der Waals surface area contributed by atoms with Gasteiger partial charge in [0.05, 0.1) is 6.61 Å². The maximum atomic E-state index is 11.8. The number of ether oxygens (including phenoxy) is 1. The van der Waals surface area contributed by atoms with Crippen molar-refractivity contribution in [2.45, 2.75) is 32.6 Å². The molecule has 2 N–H and O–H groups in total. The number of carbonyl (C=O) groups excluding carboxylic acids is 1. The van der Waals surface area contributed by atoms with Crippen LogP contribution in [0.2, 0.25) is 0 Å². The summed E-state index contributed by atoms with van der Waals surface area (Å²) in [5, 5.41) is 11.3. The minimum absolute atomic E-state index is 0.0895. The summed E-state index contributed by atoms with van der Waals surface area (Å²) < 4.78 is 5.21. The van der Waals surface area contributed by atoms with E-state index in [0.717, 1.165) is 32.5 Å². The number of carboxylic acids is 1. The number of hydrogen-bond donors (Lipinski definition) is 2. The molecule has 0 unspecified atom stereocenters. The predicted octanol–water partition coefficient (Wildman–Crippen LogP) is 1.31. The van der Waals surface area contributed by atoms with Crippen molar-refractivity contribution in [1.29, 1.82) is 0 Å². The number of methoxy groups -OCH3 is 1. The molecule has 110 valence electrons. The van der Waals surface area contributed by atoms with E-state index in [4.69, 9.17) is 9.84 Å². The van der Waals surface area contributed by atoms with Crippen LogP contribution in [0.4, 0.5) is 4.79 Å². The third-order valence-electron chi connectivity index (χ3n) is 3.59. The van der Waals surface area contributed by atoms with E-state index in [0.29, 0.717) is 13.0 Å². The Kier molecular flexibility index (Phi) is 6.08. The zero-order chi connectivity index (χ0) is 14.3. The molecule has 1 saturated heterocycles. The molecular formula is C13H24N2O4. The predicted molar refractivity (Wildman–Crippen MR) is 71.1 cm³/mol. The summed E-state index contributed by atoms with van der Waals surface area (Å²) in [5.74, 6) is -0.831. The van der Waals surface area contributed by atoms with Crippen LogP contribution >= 0.6 is 0 Å². The van der Waals surface area contributed by atoms with Gasteiger partial charge in [-0.05, 0) is 24.7 Å². The first-order valence-corrected chi connectivity index (χ1v) is 6.70. The normalized spacial score (nSPS) is 18.1. The van der Waals surface area contributed by atoms with Gasteiger partial charge in [-0.2, -0.15) is 0 Å². The number of carbonyl (C=O) groups is 2. The second-order valence-electron chi connectivity index (χ2n) is 5.46. The summed E-state index contributed by atoms with van der Waals surface area (Å²) in [6.45, 7) is 4.77. The molecule has 1 heterocycles. The van der Waals surface area contributed by atoms with E-state index in [-0.39, 0.29) is 17.9 Å². The first-order chi connectivity index (χ1) is 8.97. The number of aliphatic carboxylic acids is 1. The smallest absolute Gasteiger partial charge is 0.317 e. The molecule has 6 nitrogen and oxygen atoms in total. The van der Waals surface area contributed by atoms with Crippen molar-refractivity contribution in [2.24, 2.45) is 5.41 Å². The van der Waals surface area contributed by atoms with Crippen molar-refractivity contribution >= 4 is 12.0 Å². The molecule has 0 aliphatic carbocycles. The highest BCUT2D eigenvalue weighted by atomic mass is 16.5. The quantitative estimate of drug-likeness (QED) is 0.715. The molecule has 0 aromatic carbocycles. The van der Waals surface area contributed by atoms with E-state index in [9.17, 15) is 9.59 Å². The Hall–Kier alpha value is -1.30. The van der Waals surface area contributed by atoms with Gasteiger partial charge >= 0.3 is 12.0 Å². The summed E-state index contributed by atoms with van der Waals surface area (Å²) in [6.07, 6.45) is 2.43. The zero-order valence-corrected chi connectivity index (χ0v) is 11.8. The van der Waals surface area contributed by atoms with Crippen molar-refractivity contribution < 1.29 is 19.4 Å². The first-order valence-electron chi connectivity index (χ1n) is 6.70. The largest absolute Gasteiger partial charge is 0.481 e. The van der Waals surface area contributed by atoms with Crippen LogP contribution in [0.15, 0.2) is 0 Å². The molecule has 1 aliphatic rings. The van der Waals surface area contributed by atoms with Crippen LogP contribution in [0.5, 0.6) is 0 Å². The number of nitrogens with one attached hydrogen (secondary N) is 1. The summed E-state index contributed by atoms with van der Waals surface area (Å²) >= 11 is 0. The fourth-order valence-corrected chi connectivity index (χ4v) is 2.29. The molecule has 0 bridgehead atoms. The lowest BCUT2D eigenvalue weighted by atomic mass is 9.81. The first kappa shape index (κ1) is 15.8. The van der Waals surface area contributed by atoms with E-state index in [1.807, 2.05) is 0 Å². The molecule has 0 saturated carbocycles. The number of piperidine rings is 1. The van der Waals surface area contributed by atoms with Crippen LogP contribution < -0.4 is 5.32 Å². The Morgan fingerprint density at radius 3 is 2.53 bits per heavy atom. The zero-order valence-electron chi connectivity index (χ0n) is 11.8. The molecule has 19 heavy (non-hydrogen) atoms. The lowest BCUT2D eigenvalue weighted by molar-refractivity contribution is -0.137. The van der Waals surface area contributed by atoms with Crippen LogP contribution in [-0.4, -0.2) is 55.4 Å². The molecule has 0 aromatic heterocycles.